The fourth-order valence-corrected chi connectivity index (χ4v) is 3.30. The van der Waals surface area contributed by atoms with E-state index >= 15 is 0 Å². The Morgan fingerprint density at radius 2 is 1.55 bits per heavy atom. The van der Waals surface area contributed by atoms with Gasteiger partial charge in [-0.2, -0.15) is 35.8 Å². The number of fused-ring (bicyclic) bond motifs is 1. The van der Waals surface area contributed by atoms with Crippen molar-refractivity contribution in [1.82, 2.24) is 9.99 Å². The molecule has 166 valence electrons. The molecule has 3 nitrogen and oxygen atoms in total. The SMILES string of the molecule is Cc1cccc2c(/C=N/NC(F)(F)C(F)(F)C(F)(F)F)c(C)n(Cc3ccccc3)c12. The first-order valence-corrected chi connectivity index (χ1v) is 9.12. The summed E-state index contributed by atoms with van der Waals surface area (Å²) in [6.07, 6.45) is -5.60. The molecule has 0 amide bonds. The zero-order chi connectivity index (χ0) is 23.0. The minimum atomic E-state index is -6.43. The van der Waals surface area contributed by atoms with E-state index in [1.54, 1.807) is 19.1 Å². The fraction of sp³-hybridized carbons (Fsp3) is 0.286. The number of alkyl halides is 7. The maximum Gasteiger partial charge on any atom is 0.462 e. The summed E-state index contributed by atoms with van der Waals surface area (Å²) >= 11 is 0. The number of hydrazone groups is 1. The maximum absolute atomic E-state index is 13.5. The van der Waals surface area contributed by atoms with Gasteiger partial charge < -0.3 is 4.57 Å². The molecule has 0 unspecified atom stereocenters. The van der Waals surface area contributed by atoms with Crippen molar-refractivity contribution < 1.29 is 30.7 Å². The van der Waals surface area contributed by atoms with Gasteiger partial charge in [-0.3, -0.25) is 0 Å². The summed E-state index contributed by atoms with van der Waals surface area (Å²) in [6, 6.07) is 9.03. The van der Waals surface area contributed by atoms with Gasteiger partial charge in [-0.1, -0.05) is 48.5 Å². The molecule has 1 N–H and O–H groups in total. The molecule has 0 saturated carbocycles. The summed E-state index contributed by atoms with van der Waals surface area (Å²) in [4.78, 5) is 0. The van der Waals surface area contributed by atoms with Crippen molar-refractivity contribution >= 4 is 17.1 Å². The van der Waals surface area contributed by atoms with Crippen LogP contribution < -0.4 is 5.43 Å². The van der Waals surface area contributed by atoms with E-state index in [1.807, 2.05) is 47.9 Å². The van der Waals surface area contributed by atoms with E-state index in [-0.39, 0.29) is 0 Å². The highest BCUT2D eigenvalue weighted by molar-refractivity contribution is 6.02. The third-order valence-electron chi connectivity index (χ3n) is 4.93. The first kappa shape index (κ1) is 22.6. The lowest BCUT2D eigenvalue weighted by molar-refractivity contribution is -0.361. The molecular weight excluding hydrogens is 427 g/mol. The Balaban J connectivity index is 2.00. The molecule has 31 heavy (non-hydrogen) atoms. The van der Waals surface area contributed by atoms with Gasteiger partial charge in [0.1, 0.15) is 0 Å². The number of hydrogen-bond donors (Lipinski definition) is 1. The van der Waals surface area contributed by atoms with Gasteiger partial charge in [0, 0.05) is 23.2 Å². The zero-order valence-electron chi connectivity index (χ0n) is 16.4. The van der Waals surface area contributed by atoms with Crippen LogP contribution in [0.5, 0.6) is 0 Å². The molecule has 1 aromatic heterocycles. The van der Waals surface area contributed by atoms with Crippen LogP contribution in [0.1, 0.15) is 22.4 Å². The first-order valence-electron chi connectivity index (χ1n) is 9.12. The topological polar surface area (TPSA) is 29.3 Å². The van der Waals surface area contributed by atoms with Crippen LogP contribution in [-0.2, 0) is 6.54 Å². The normalized spacial score (nSPS) is 13.3. The highest BCUT2D eigenvalue weighted by atomic mass is 19.4. The van der Waals surface area contributed by atoms with Crippen molar-refractivity contribution in [3.63, 3.8) is 0 Å². The fourth-order valence-electron chi connectivity index (χ4n) is 3.30. The van der Waals surface area contributed by atoms with Crippen LogP contribution in [0.4, 0.5) is 30.7 Å². The summed E-state index contributed by atoms with van der Waals surface area (Å²) in [5, 5.41) is 3.64. The van der Waals surface area contributed by atoms with E-state index in [1.165, 1.54) is 0 Å². The average Bonchev–Trinajstić information content (AvgIpc) is 2.94. The minimum Gasteiger partial charge on any atom is -0.340 e. The molecule has 0 saturated heterocycles. The average molecular weight is 445 g/mol. The molecule has 0 aliphatic rings. The first-order chi connectivity index (χ1) is 14.4. The third-order valence-corrected chi connectivity index (χ3v) is 4.93. The van der Waals surface area contributed by atoms with Crippen LogP contribution in [0.3, 0.4) is 0 Å². The monoisotopic (exact) mass is 445 g/mol. The van der Waals surface area contributed by atoms with Gasteiger partial charge in [0.15, 0.2) is 0 Å². The van der Waals surface area contributed by atoms with Gasteiger partial charge in [0.2, 0.25) is 0 Å². The van der Waals surface area contributed by atoms with E-state index in [9.17, 15) is 30.7 Å². The predicted molar refractivity (Wildman–Crippen MR) is 104 cm³/mol. The largest absolute Gasteiger partial charge is 0.462 e. The molecule has 0 spiro atoms. The van der Waals surface area contributed by atoms with E-state index in [2.05, 4.69) is 5.10 Å². The second kappa shape index (κ2) is 7.90. The van der Waals surface area contributed by atoms with Crippen molar-refractivity contribution in [2.45, 2.75) is 38.5 Å². The summed E-state index contributed by atoms with van der Waals surface area (Å²) in [5.74, 6) is -6.29. The van der Waals surface area contributed by atoms with Crippen molar-refractivity contribution in [2.24, 2.45) is 5.10 Å². The molecular formula is C21H18F7N3. The van der Waals surface area contributed by atoms with Gasteiger partial charge in [-0.05, 0) is 25.0 Å². The number of rotatable bonds is 6. The minimum absolute atomic E-state index is 0.327. The Bertz CT molecular complexity index is 1100. The summed E-state index contributed by atoms with van der Waals surface area (Å²) < 4.78 is 91.8. The lowest BCUT2D eigenvalue weighted by Gasteiger charge is -2.27. The maximum atomic E-state index is 13.5. The zero-order valence-corrected chi connectivity index (χ0v) is 16.4. The highest BCUT2D eigenvalue weighted by Crippen LogP contribution is 2.45. The number of aromatic nitrogens is 1. The quantitative estimate of drug-likeness (QED) is 0.214. The Hall–Kier alpha value is -3.04. The Morgan fingerprint density at radius 1 is 0.903 bits per heavy atom. The summed E-state index contributed by atoms with van der Waals surface area (Å²) in [5.41, 5.74) is 4.20. The molecule has 3 rings (SSSR count). The number of nitrogens with zero attached hydrogens (tertiary/aromatic N) is 2. The van der Waals surface area contributed by atoms with Crippen LogP contribution in [0.2, 0.25) is 0 Å². The number of para-hydroxylation sites is 1. The molecule has 0 bridgehead atoms. The Kier molecular flexibility index (Phi) is 5.77. The van der Waals surface area contributed by atoms with Crippen LogP contribution in [0, 0.1) is 13.8 Å². The number of hydrogen-bond acceptors (Lipinski definition) is 2. The van der Waals surface area contributed by atoms with Crippen LogP contribution in [-0.4, -0.2) is 28.9 Å². The number of aryl methyl sites for hydroxylation is 1. The Morgan fingerprint density at radius 3 is 2.16 bits per heavy atom. The molecule has 3 aromatic rings. The lowest BCUT2D eigenvalue weighted by atomic mass is 10.1. The van der Waals surface area contributed by atoms with E-state index in [0.717, 1.165) is 22.9 Å². The molecule has 0 fully saturated rings. The van der Waals surface area contributed by atoms with Crippen molar-refractivity contribution in [3.05, 3.63) is 70.9 Å². The number of benzene rings is 2. The van der Waals surface area contributed by atoms with Crippen LogP contribution in [0.15, 0.2) is 53.6 Å². The third kappa shape index (κ3) is 4.11. The van der Waals surface area contributed by atoms with Gasteiger partial charge in [-0.25, -0.2) is 5.43 Å². The van der Waals surface area contributed by atoms with Gasteiger partial charge in [-0.15, -0.1) is 0 Å². The molecule has 0 aliphatic heterocycles. The van der Waals surface area contributed by atoms with Crippen LogP contribution in [0.25, 0.3) is 10.9 Å². The van der Waals surface area contributed by atoms with E-state index in [0.29, 0.717) is 28.6 Å². The standard InChI is InChI=1S/C21H18F7N3/c1-13-7-6-10-16-17(11-29-30-21(27,28)19(22,23)20(24,25)26)14(2)31(18(13)16)12-15-8-4-3-5-9-15/h3-11,30H,12H2,1-2H3/b29-11+. The molecule has 10 heteroatoms. The summed E-state index contributed by atoms with van der Waals surface area (Å²) in [7, 11) is 0. The second-order valence-electron chi connectivity index (χ2n) is 7.06. The number of nitrogens with one attached hydrogen (secondary N) is 1. The Labute approximate surface area is 173 Å². The van der Waals surface area contributed by atoms with E-state index in [4.69, 9.17) is 0 Å². The van der Waals surface area contributed by atoms with Crippen LogP contribution >= 0.6 is 0 Å². The molecule has 1 heterocycles. The number of halogens is 7. The molecule has 0 aliphatic carbocycles. The molecule has 0 atom stereocenters. The van der Waals surface area contributed by atoms with Gasteiger partial charge in [0.05, 0.1) is 11.7 Å². The molecule has 0 radical (unpaired) electrons. The van der Waals surface area contributed by atoms with Crippen molar-refractivity contribution in [2.75, 3.05) is 0 Å². The highest BCUT2D eigenvalue weighted by Gasteiger charge is 2.73. The van der Waals surface area contributed by atoms with Gasteiger partial charge >= 0.3 is 18.1 Å². The second-order valence-corrected chi connectivity index (χ2v) is 7.06. The smallest absolute Gasteiger partial charge is 0.340 e. The lowest BCUT2D eigenvalue weighted by Crippen LogP contribution is -2.58. The molecule has 2 aromatic carbocycles. The predicted octanol–water partition coefficient (Wildman–Crippen LogP) is 6.02. The van der Waals surface area contributed by atoms with Crippen molar-refractivity contribution in [1.29, 1.82) is 0 Å². The van der Waals surface area contributed by atoms with E-state index < -0.39 is 18.1 Å². The van der Waals surface area contributed by atoms with Crippen molar-refractivity contribution in [3.8, 4) is 0 Å². The van der Waals surface area contributed by atoms with Gasteiger partial charge in [0.25, 0.3) is 0 Å². The summed E-state index contributed by atoms with van der Waals surface area (Å²) in [6.45, 7) is 3.98.